The van der Waals surface area contributed by atoms with Gasteiger partial charge in [-0.05, 0) is 11.5 Å². The summed E-state index contributed by atoms with van der Waals surface area (Å²) in [6, 6.07) is 0. The van der Waals surface area contributed by atoms with Gasteiger partial charge in [0.25, 0.3) is 0 Å². The number of rotatable bonds is 1. The number of ether oxygens (including phenoxy) is 2. The smallest absolute Gasteiger partial charge is 0.469 e. The predicted octanol–water partition coefficient (Wildman–Crippen LogP) is -0.169. The fraction of sp³-hybridized carbons (Fsp3) is 0.500. The zero-order valence-corrected chi connectivity index (χ0v) is 7.30. The molecule has 1 aliphatic carbocycles. The third-order valence-corrected chi connectivity index (χ3v) is 2.47. The Balaban J connectivity index is 2.25. The molecule has 1 fully saturated rings. The molecular formula is C8H11BO4. The standard InChI is InChI=1S/C8H11BO4/c1-5-6(9(10)11)2-3-7-8(5)13-4-12-7/h2-3,5,8,10-11H,4H2,1H3/t5?,8-/m0/s1. The van der Waals surface area contributed by atoms with Crippen molar-refractivity contribution in [2.75, 3.05) is 6.79 Å². The molecule has 0 aromatic carbocycles. The zero-order chi connectivity index (χ0) is 9.42. The number of hydrogen-bond acceptors (Lipinski definition) is 4. The van der Waals surface area contributed by atoms with Crippen LogP contribution in [0, 0.1) is 5.92 Å². The van der Waals surface area contributed by atoms with Gasteiger partial charge in [-0.25, -0.2) is 0 Å². The van der Waals surface area contributed by atoms with Crippen LogP contribution in [-0.2, 0) is 9.47 Å². The van der Waals surface area contributed by atoms with Crippen LogP contribution in [0.3, 0.4) is 0 Å². The van der Waals surface area contributed by atoms with Crippen LogP contribution in [0.5, 0.6) is 0 Å². The van der Waals surface area contributed by atoms with Crippen molar-refractivity contribution in [3.63, 3.8) is 0 Å². The summed E-state index contributed by atoms with van der Waals surface area (Å²) in [6.45, 7) is 2.14. The first-order valence-electron chi connectivity index (χ1n) is 4.22. The molecule has 0 spiro atoms. The maximum absolute atomic E-state index is 9.03. The molecule has 1 heterocycles. The molecule has 1 unspecified atom stereocenters. The first kappa shape index (κ1) is 8.81. The van der Waals surface area contributed by atoms with Gasteiger partial charge >= 0.3 is 7.12 Å². The topological polar surface area (TPSA) is 58.9 Å². The maximum Gasteiger partial charge on any atom is 0.484 e. The van der Waals surface area contributed by atoms with Crippen molar-refractivity contribution in [1.82, 2.24) is 0 Å². The van der Waals surface area contributed by atoms with Gasteiger partial charge in [-0.2, -0.15) is 0 Å². The Morgan fingerprint density at radius 1 is 1.46 bits per heavy atom. The Morgan fingerprint density at radius 2 is 2.23 bits per heavy atom. The molecule has 0 radical (unpaired) electrons. The highest BCUT2D eigenvalue weighted by molar-refractivity contribution is 6.51. The average Bonchev–Trinajstić information content (AvgIpc) is 2.52. The van der Waals surface area contributed by atoms with Crippen LogP contribution in [0.4, 0.5) is 0 Å². The summed E-state index contributed by atoms with van der Waals surface area (Å²) in [5, 5.41) is 18.1. The van der Waals surface area contributed by atoms with Crippen LogP contribution in [-0.4, -0.2) is 30.1 Å². The van der Waals surface area contributed by atoms with Crippen molar-refractivity contribution in [3.05, 3.63) is 23.4 Å². The minimum atomic E-state index is -1.41. The van der Waals surface area contributed by atoms with Crippen LogP contribution in [0.15, 0.2) is 23.4 Å². The van der Waals surface area contributed by atoms with E-state index in [-0.39, 0.29) is 18.8 Å². The summed E-state index contributed by atoms with van der Waals surface area (Å²) >= 11 is 0. The maximum atomic E-state index is 9.03. The molecule has 4 nitrogen and oxygen atoms in total. The lowest BCUT2D eigenvalue weighted by atomic mass is 9.68. The molecular weight excluding hydrogens is 171 g/mol. The molecule has 0 saturated carbocycles. The van der Waals surface area contributed by atoms with E-state index in [0.717, 1.165) is 5.76 Å². The van der Waals surface area contributed by atoms with E-state index >= 15 is 0 Å². The minimum Gasteiger partial charge on any atom is -0.469 e. The Hall–Kier alpha value is -0.775. The number of fused-ring (bicyclic) bond motifs is 1. The third-order valence-electron chi connectivity index (χ3n) is 2.47. The van der Waals surface area contributed by atoms with E-state index in [4.69, 9.17) is 19.5 Å². The lowest BCUT2D eigenvalue weighted by molar-refractivity contribution is 0.0375. The lowest BCUT2D eigenvalue weighted by Crippen LogP contribution is -2.31. The van der Waals surface area contributed by atoms with E-state index in [2.05, 4.69) is 0 Å². The van der Waals surface area contributed by atoms with Crippen molar-refractivity contribution in [2.45, 2.75) is 13.0 Å². The second kappa shape index (κ2) is 3.18. The van der Waals surface area contributed by atoms with Crippen LogP contribution < -0.4 is 0 Å². The van der Waals surface area contributed by atoms with Gasteiger partial charge < -0.3 is 19.5 Å². The molecule has 2 rings (SSSR count). The van der Waals surface area contributed by atoms with Gasteiger partial charge in [-0.3, -0.25) is 0 Å². The highest BCUT2D eigenvalue weighted by Crippen LogP contribution is 2.32. The van der Waals surface area contributed by atoms with Gasteiger partial charge in [-0.15, -0.1) is 0 Å². The van der Waals surface area contributed by atoms with Crippen LogP contribution >= 0.6 is 0 Å². The van der Waals surface area contributed by atoms with E-state index in [9.17, 15) is 0 Å². The average molecular weight is 182 g/mol. The summed E-state index contributed by atoms with van der Waals surface area (Å²) < 4.78 is 10.5. The number of allylic oxidation sites excluding steroid dienone is 2. The molecule has 1 aliphatic heterocycles. The normalized spacial score (nSPS) is 31.6. The summed E-state index contributed by atoms with van der Waals surface area (Å²) in [6.07, 6.45) is 3.25. The van der Waals surface area contributed by atoms with Crippen molar-refractivity contribution < 1.29 is 19.5 Å². The Kier molecular flexibility index (Phi) is 2.15. The fourth-order valence-corrected chi connectivity index (χ4v) is 1.70. The Morgan fingerprint density at radius 3 is 2.92 bits per heavy atom. The van der Waals surface area contributed by atoms with Gasteiger partial charge in [-0.1, -0.05) is 13.0 Å². The molecule has 13 heavy (non-hydrogen) atoms. The molecule has 0 aromatic rings. The fourth-order valence-electron chi connectivity index (χ4n) is 1.70. The Bertz CT molecular complexity index is 271. The molecule has 2 aliphatic rings. The predicted molar refractivity (Wildman–Crippen MR) is 46.3 cm³/mol. The molecule has 2 N–H and O–H groups in total. The first-order valence-corrected chi connectivity index (χ1v) is 4.22. The third kappa shape index (κ3) is 1.39. The molecule has 5 heteroatoms. The summed E-state index contributed by atoms with van der Waals surface area (Å²) in [4.78, 5) is 0. The molecule has 70 valence electrons. The molecule has 2 atom stereocenters. The minimum absolute atomic E-state index is 0.0394. The van der Waals surface area contributed by atoms with Crippen molar-refractivity contribution in [3.8, 4) is 0 Å². The van der Waals surface area contributed by atoms with Gasteiger partial charge in [0.05, 0.1) is 0 Å². The van der Waals surface area contributed by atoms with E-state index < -0.39 is 7.12 Å². The lowest BCUT2D eigenvalue weighted by Gasteiger charge is -2.23. The number of hydrogen-bond donors (Lipinski definition) is 2. The van der Waals surface area contributed by atoms with Gasteiger partial charge in [0, 0.05) is 5.92 Å². The van der Waals surface area contributed by atoms with Crippen LogP contribution in [0.1, 0.15) is 6.92 Å². The highest BCUT2D eigenvalue weighted by atomic mass is 16.7. The van der Waals surface area contributed by atoms with Crippen molar-refractivity contribution in [2.24, 2.45) is 5.92 Å². The van der Waals surface area contributed by atoms with Crippen molar-refractivity contribution in [1.29, 1.82) is 0 Å². The molecule has 0 bridgehead atoms. The quantitative estimate of drug-likeness (QED) is 0.552. The van der Waals surface area contributed by atoms with E-state index in [1.165, 1.54) is 0 Å². The largest absolute Gasteiger partial charge is 0.484 e. The van der Waals surface area contributed by atoms with Crippen LogP contribution in [0.25, 0.3) is 0 Å². The van der Waals surface area contributed by atoms with E-state index in [0.29, 0.717) is 5.47 Å². The van der Waals surface area contributed by atoms with Crippen molar-refractivity contribution >= 4 is 7.12 Å². The summed E-state index contributed by atoms with van der Waals surface area (Å²) in [5.74, 6) is 0.736. The Labute approximate surface area is 76.6 Å². The summed E-state index contributed by atoms with van der Waals surface area (Å²) in [5.41, 5.74) is 0.569. The highest BCUT2D eigenvalue weighted by Gasteiger charge is 2.36. The van der Waals surface area contributed by atoms with E-state index in [1.807, 2.05) is 6.92 Å². The zero-order valence-electron chi connectivity index (χ0n) is 7.30. The SMILES string of the molecule is CC1C(B(O)O)=CC=C2OCO[C@H]21. The van der Waals surface area contributed by atoms with Gasteiger partial charge in [0.2, 0.25) is 0 Å². The summed E-state index contributed by atoms with van der Waals surface area (Å²) in [7, 11) is -1.41. The van der Waals surface area contributed by atoms with Gasteiger partial charge in [0.15, 0.2) is 6.79 Å². The first-order chi connectivity index (χ1) is 6.20. The van der Waals surface area contributed by atoms with Crippen LogP contribution in [0.2, 0.25) is 0 Å². The monoisotopic (exact) mass is 182 g/mol. The molecule has 0 aromatic heterocycles. The van der Waals surface area contributed by atoms with E-state index in [1.54, 1.807) is 12.2 Å². The molecule has 0 amide bonds. The molecule has 1 saturated heterocycles. The second-order valence-corrected chi connectivity index (χ2v) is 3.25. The van der Waals surface area contributed by atoms with Gasteiger partial charge in [0.1, 0.15) is 11.9 Å². The second-order valence-electron chi connectivity index (χ2n) is 3.25.